The first-order chi connectivity index (χ1) is 9.70. The molecule has 106 valence electrons. The highest BCUT2D eigenvalue weighted by atomic mass is 79.9. The Morgan fingerprint density at radius 1 is 0.950 bits per heavy atom. The van der Waals surface area contributed by atoms with Crippen LogP contribution in [0.15, 0.2) is 51.4 Å². The molecular formula is C15H15Br2NO2. The third kappa shape index (κ3) is 4.31. The van der Waals surface area contributed by atoms with E-state index in [0.29, 0.717) is 13.2 Å². The molecule has 0 heterocycles. The largest absolute Gasteiger partial charge is 0.465 e. The molecule has 0 bridgehead atoms. The Kier molecular flexibility index (Phi) is 6.04. The molecule has 0 atom stereocenters. The molecule has 0 aliphatic heterocycles. The summed E-state index contributed by atoms with van der Waals surface area (Å²) in [6.07, 6.45) is 0. The summed E-state index contributed by atoms with van der Waals surface area (Å²) in [6, 6.07) is 13.9. The Labute approximate surface area is 135 Å². The van der Waals surface area contributed by atoms with Crippen molar-refractivity contribution in [3.63, 3.8) is 0 Å². The number of nitrogens with two attached hydrogens (primary N) is 1. The lowest BCUT2D eigenvalue weighted by molar-refractivity contribution is 0.00421. The molecule has 2 aromatic rings. The molecular weight excluding hydrogens is 386 g/mol. The summed E-state index contributed by atoms with van der Waals surface area (Å²) in [6.45, 7) is 1.20. The summed E-state index contributed by atoms with van der Waals surface area (Å²) >= 11 is 6.94. The van der Waals surface area contributed by atoms with Gasteiger partial charge in [-0.15, -0.1) is 0 Å². The van der Waals surface area contributed by atoms with Gasteiger partial charge in [0, 0.05) is 6.54 Å². The molecule has 2 aromatic carbocycles. The predicted molar refractivity (Wildman–Crippen MR) is 86.5 cm³/mol. The number of rotatable bonds is 6. The molecule has 3 nitrogen and oxygen atoms in total. The summed E-state index contributed by atoms with van der Waals surface area (Å²) in [5, 5.41) is 0. The van der Waals surface area contributed by atoms with Crippen LogP contribution in [0.2, 0.25) is 0 Å². The summed E-state index contributed by atoms with van der Waals surface area (Å²) < 4.78 is 12.8. The van der Waals surface area contributed by atoms with Crippen LogP contribution in [0.4, 0.5) is 0 Å². The minimum atomic E-state index is 0.189. The second-order valence-corrected chi connectivity index (χ2v) is 5.90. The minimum absolute atomic E-state index is 0.189. The maximum atomic E-state index is 5.63. The molecule has 0 saturated heterocycles. The molecule has 0 aliphatic rings. The molecule has 0 saturated carbocycles. The van der Waals surface area contributed by atoms with E-state index in [2.05, 4.69) is 31.9 Å². The van der Waals surface area contributed by atoms with Crippen LogP contribution in [0.5, 0.6) is 5.75 Å². The van der Waals surface area contributed by atoms with Gasteiger partial charge >= 0.3 is 0 Å². The maximum absolute atomic E-state index is 5.63. The highest BCUT2D eigenvalue weighted by Crippen LogP contribution is 2.34. The number of benzene rings is 2. The molecule has 2 rings (SSSR count). The van der Waals surface area contributed by atoms with Crippen molar-refractivity contribution in [2.45, 2.75) is 13.2 Å². The van der Waals surface area contributed by atoms with Crippen molar-refractivity contribution in [3.05, 3.63) is 62.5 Å². The zero-order valence-electron chi connectivity index (χ0n) is 10.8. The van der Waals surface area contributed by atoms with Gasteiger partial charge in [0.05, 0.1) is 15.6 Å². The van der Waals surface area contributed by atoms with Gasteiger partial charge in [-0.05, 0) is 55.1 Å². The van der Waals surface area contributed by atoms with Crippen molar-refractivity contribution >= 4 is 31.9 Å². The summed E-state index contributed by atoms with van der Waals surface area (Å²) in [5.74, 6) is 0.718. The average Bonchev–Trinajstić information content (AvgIpc) is 2.46. The number of halogens is 2. The van der Waals surface area contributed by atoms with Crippen LogP contribution >= 0.6 is 31.9 Å². The lowest BCUT2D eigenvalue weighted by Gasteiger charge is -2.12. The molecule has 0 fully saturated rings. The van der Waals surface area contributed by atoms with Crippen LogP contribution in [0.1, 0.15) is 11.1 Å². The quantitative estimate of drug-likeness (QED) is 0.583. The van der Waals surface area contributed by atoms with Crippen LogP contribution in [0, 0.1) is 0 Å². The number of hydrogen-bond donors (Lipinski definition) is 1. The van der Waals surface area contributed by atoms with Gasteiger partial charge in [-0.2, -0.15) is 0 Å². The standard InChI is InChI=1S/C15H15Br2NO2/c16-13-6-12(8-18)7-14(17)15(13)20-10-19-9-11-4-2-1-3-5-11/h1-7H,8-10,18H2. The van der Waals surface area contributed by atoms with Crippen molar-refractivity contribution in [2.24, 2.45) is 5.73 Å². The van der Waals surface area contributed by atoms with Gasteiger partial charge in [-0.1, -0.05) is 30.3 Å². The Hall–Kier alpha value is -0.880. The van der Waals surface area contributed by atoms with E-state index >= 15 is 0 Å². The van der Waals surface area contributed by atoms with Crippen LogP contribution < -0.4 is 10.5 Å². The van der Waals surface area contributed by atoms with E-state index in [4.69, 9.17) is 15.2 Å². The predicted octanol–water partition coefficient (Wildman–Crippen LogP) is 4.22. The SMILES string of the molecule is NCc1cc(Br)c(OCOCc2ccccc2)c(Br)c1. The fourth-order valence-corrected chi connectivity index (χ4v) is 3.21. The van der Waals surface area contributed by atoms with E-state index in [1.165, 1.54) is 0 Å². The molecule has 0 aromatic heterocycles. The third-order valence-corrected chi connectivity index (χ3v) is 3.87. The van der Waals surface area contributed by atoms with Crippen molar-refractivity contribution in [1.82, 2.24) is 0 Å². The maximum Gasteiger partial charge on any atom is 0.189 e. The van der Waals surface area contributed by atoms with Gasteiger partial charge in [-0.3, -0.25) is 0 Å². The van der Waals surface area contributed by atoms with Crippen molar-refractivity contribution in [1.29, 1.82) is 0 Å². The summed E-state index contributed by atoms with van der Waals surface area (Å²) in [5.41, 5.74) is 7.76. The molecule has 5 heteroatoms. The minimum Gasteiger partial charge on any atom is -0.465 e. The fraction of sp³-hybridized carbons (Fsp3) is 0.200. The molecule has 0 aliphatic carbocycles. The molecule has 20 heavy (non-hydrogen) atoms. The van der Waals surface area contributed by atoms with E-state index in [-0.39, 0.29) is 6.79 Å². The zero-order valence-corrected chi connectivity index (χ0v) is 14.0. The van der Waals surface area contributed by atoms with Gasteiger partial charge in [0.15, 0.2) is 12.5 Å². The van der Waals surface area contributed by atoms with E-state index in [1.54, 1.807) is 0 Å². The monoisotopic (exact) mass is 399 g/mol. The Morgan fingerprint density at radius 2 is 1.60 bits per heavy atom. The van der Waals surface area contributed by atoms with Gasteiger partial charge < -0.3 is 15.2 Å². The fourth-order valence-electron chi connectivity index (χ4n) is 1.70. The van der Waals surface area contributed by atoms with Crippen molar-refractivity contribution in [3.8, 4) is 5.75 Å². The molecule has 0 spiro atoms. The number of ether oxygens (including phenoxy) is 2. The third-order valence-electron chi connectivity index (χ3n) is 2.69. The van der Waals surface area contributed by atoms with Crippen molar-refractivity contribution < 1.29 is 9.47 Å². The second-order valence-electron chi connectivity index (χ2n) is 4.19. The molecule has 2 N–H and O–H groups in total. The van der Waals surface area contributed by atoms with Gasteiger partial charge in [0.25, 0.3) is 0 Å². The van der Waals surface area contributed by atoms with E-state index in [0.717, 1.165) is 25.8 Å². The molecule has 0 amide bonds. The first-order valence-corrected chi connectivity index (χ1v) is 7.71. The van der Waals surface area contributed by atoms with Crippen LogP contribution in [-0.4, -0.2) is 6.79 Å². The Balaban J connectivity index is 1.88. The van der Waals surface area contributed by atoms with Gasteiger partial charge in [-0.25, -0.2) is 0 Å². The normalized spacial score (nSPS) is 10.6. The zero-order chi connectivity index (χ0) is 14.4. The highest BCUT2D eigenvalue weighted by Gasteiger charge is 2.08. The number of hydrogen-bond acceptors (Lipinski definition) is 3. The van der Waals surface area contributed by atoms with Crippen molar-refractivity contribution in [2.75, 3.05) is 6.79 Å². The molecule has 0 unspecified atom stereocenters. The first-order valence-electron chi connectivity index (χ1n) is 6.13. The van der Waals surface area contributed by atoms with Crippen LogP contribution in [-0.2, 0) is 17.9 Å². The van der Waals surface area contributed by atoms with Crippen LogP contribution in [0.25, 0.3) is 0 Å². The first kappa shape index (κ1) is 15.5. The lowest BCUT2D eigenvalue weighted by Crippen LogP contribution is -2.05. The topological polar surface area (TPSA) is 44.5 Å². The van der Waals surface area contributed by atoms with E-state index in [9.17, 15) is 0 Å². The Morgan fingerprint density at radius 3 is 2.20 bits per heavy atom. The Bertz CT molecular complexity index is 538. The molecule has 0 radical (unpaired) electrons. The lowest BCUT2D eigenvalue weighted by atomic mass is 10.2. The highest BCUT2D eigenvalue weighted by molar-refractivity contribution is 9.11. The second kappa shape index (κ2) is 7.78. The van der Waals surface area contributed by atoms with Gasteiger partial charge in [0.2, 0.25) is 0 Å². The average molecular weight is 401 g/mol. The van der Waals surface area contributed by atoms with E-state index in [1.807, 2.05) is 42.5 Å². The van der Waals surface area contributed by atoms with Crippen LogP contribution in [0.3, 0.4) is 0 Å². The van der Waals surface area contributed by atoms with E-state index < -0.39 is 0 Å². The summed E-state index contributed by atoms with van der Waals surface area (Å²) in [7, 11) is 0. The van der Waals surface area contributed by atoms with Gasteiger partial charge in [0.1, 0.15) is 0 Å². The summed E-state index contributed by atoms with van der Waals surface area (Å²) in [4.78, 5) is 0. The smallest absolute Gasteiger partial charge is 0.189 e.